The van der Waals surface area contributed by atoms with Crippen LogP contribution in [0.4, 0.5) is 4.79 Å². The number of nitrogens with one attached hydrogen (secondary N) is 1. The molecule has 0 aliphatic carbocycles. The van der Waals surface area contributed by atoms with Gasteiger partial charge in [-0.05, 0) is 44.0 Å². The number of carbonyl (C=O) groups excluding carboxylic acids is 3. The van der Waals surface area contributed by atoms with Crippen molar-refractivity contribution < 1.29 is 33.0 Å². The lowest BCUT2D eigenvalue weighted by atomic mass is 9.97. The van der Waals surface area contributed by atoms with Gasteiger partial charge in [0, 0.05) is 0 Å². The molecule has 0 radical (unpaired) electrons. The molecule has 1 aromatic heterocycles. The van der Waals surface area contributed by atoms with E-state index >= 15 is 0 Å². The molecule has 0 spiro atoms. The number of alkyl carbamates (subject to hydrolysis) is 1. The van der Waals surface area contributed by atoms with Crippen LogP contribution in [-0.2, 0) is 37.0 Å². The van der Waals surface area contributed by atoms with Crippen molar-refractivity contribution in [1.29, 1.82) is 0 Å². The summed E-state index contributed by atoms with van der Waals surface area (Å²) in [6, 6.07) is 20.0. The summed E-state index contributed by atoms with van der Waals surface area (Å²) in [6.45, 7) is 5.00. The van der Waals surface area contributed by atoms with Gasteiger partial charge in [0.05, 0.1) is 6.26 Å². The number of benzene rings is 2. The van der Waals surface area contributed by atoms with Crippen molar-refractivity contribution in [3.63, 3.8) is 0 Å². The molecule has 0 unspecified atom stereocenters. The highest BCUT2D eigenvalue weighted by molar-refractivity contribution is 5.96. The molecule has 0 saturated heterocycles. The molecule has 1 atom stereocenters. The first-order valence-corrected chi connectivity index (χ1v) is 11.2. The van der Waals surface area contributed by atoms with Crippen LogP contribution in [0.25, 0.3) is 0 Å². The summed E-state index contributed by atoms with van der Waals surface area (Å²) in [7, 11) is 0. The van der Waals surface area contributed by atoms with Gasteiger partial charge in [-0.25, -0.2) is 4.79 Å². The number of ether oxygens (including phenoxy) is 3. The molecular formula is C27H29NO7. The number of carbonyl (C=O) groups is 3. The van der Waals surface area contributed by atoms with Crippen molar-refractivity contribution in [2.45, 2.75) is 45.6 Å². The van der Waals surface area contributed by atoms with Gasteiger partial charge in [-0.2, -0.15) is 0 Å². The van der Waals surface area contributed by atoms with Gasteiger partial charge in [0.15, 0.2) is 5.92 Å². The molecule has 35 heavy (non-hydrogen) atoms. The molecule has 1 heterocycles. The molecule has 8 nitrogen and oxygen atoms in total. The number of furan rings is 1. The first-order valence-electron chi connectivity index (χ1n) is 11.2. The van der Waals surface area contributed by atoms with E-state index in [1.54, 1.807) is 57.2 Å². The van der Waals surface area contributed by atoms with Gasteiger partial charge in [0.25, 0.3) is 0 Å². The van der Waals surface area contributed by atoms with Crippen LogP contribution in [0.2, 0.25) is 0 Å². The van der Waals surface area contributed by atoms with E-state index < -0.39 is 35.6 Å². The highest BCUT2D eigenvalue weighted by Crippen LogP contribution is 2.27. The molecule has 2 aromatic carbocycles. The normalized spacial score (nSPS) is 12.0. The van der Waals surface area contributed by atoms with Crippen LogP contribution in [0.15, 0.2) is 83.5 Å². The van der Waals surface area contributed by atoms with Crippen molar-refractivity contribution in [3.05, 3.63) is 95.9 Å². The Morgan fingerprint density at radius 3 is 1.74 bits per heavy atom. The third kappa shape index (κ3) is 8.03. The maximum Gasteiger partial charge on any atom is 0.408 e. The van der Waals surface area contributed by atoms with E-state index in [0.717, 1.165) is 11.1 Å². The Hall–Kier alpha value is -4.07. The average molecular weight is 480 g/mol. The van der Waals surface area contributed by atoms with Crippen LogP contribution < -0.4 is 5.32 Å². The van der Waals surface area contributed by atoms with Crippen molar-refractivity contribution in [1.82, 2.24) is 5.32 Å². The van der Waals surface area contributed by atoms with E-state index in [-0.39, 0.29) is 19.0 Å². The minimum absolute atomic E-state index is 0.0561. The smallest absolute Gasteiger partial charge is 0.408 e. The average Bonchev–Trinajstić information content (AvgIpc) is 3.36. The van der Waals surface area contributed by atoms with E-state index in [0.29, 0.717) is 0 Å². The van der Waals surface area contributed by atoms with Crippen LogP contribution >= 0.6 is 0 Å². The van der Waals surface area contributed by atoms with Crippen LogP contribution in [0.5, 0.6) is 0 Å². The number of esters is 2. The first-order chi connectivity index (χ1) is 16.7. The third-order valence-corrected chi connectivity index (χ3v) is 4.81. The van der Waals surface area contributed by atoms with Crippen molar-refractivity contribution in [2.24, 2.45) is 5.92 Å². The number of hydrogen-bond acceptors (Lipinski definition) is 7. The number of amides is 1. The predicted octanol–water partition coefficient (Wildman–Crippen LogP) is 4.95. The Bertz CT molecular complexity index is 1030. The molecule has 3 rings (SSSR count). The zero-order valence-corrected chi connectivity index (χ0v) is 19.9. The molecule has 1 N–H and O–H groups in total. The van der Waals surface area contributed by atoms with Crippen molar-refractivity contribution >= 4 is 18.0 Å². The second-order valence-corrected chi connectivity index (χ2v) is 8.80. The van der Waals surface area contributed by atoms with Gasteiger partial charge in [-0.3, -0.25) is 9.59 Å². The Balaban J connectivity index is 1.85. The minimum Gasteiger partial charge on any atom is -0.467 e. The molecule has 0 aliphatic rings. The highest BCUT2D eigenvalue weighted by Gasteiger charge is 2.42. The van der Waals surface area contributed by atoms with Crippen LogP contribution in [0.3, 0.4) is 0 Å². The molecule has 1 amide bonds. The Morgan fingerprint density at radius 1 is 0.800 bits per heavy atom. The summed E-state index contributed by atoms with van der Waals surface area (Å²) in [5, 5.41) is 2.58. The van der Waals surface area contributed by atoms with Gasteiger partial charge in [0.1, 0.15) is 30.6 Å². The summed E-state index contributed by atoms with van der Waals surface area (Å²) >= 11 is 0. The summed E-state index contributed by atoms with van der Waals surface area (Å²) in [5.74, 6) is -3.11. The zero-order valence-electron chi connectivity index (χ0n) is 19.9. The lowest BCUT2D eigenvalue weighted by Gasteiger charge is -2.26. The summed E-state index contributed by atoms with van der Waals surface area (Å²) in [6.07, 6.45) is 0.552. The zero-order chi connectivity index (χ0) is 25.3. The highest BCUT2D eigenvalue weighted by atomic mass is 16.6. The second kappa shape index (κ2) is 11.9. The first kappa shape index (κ1) is 25.6. The summed E-state index contributed by atoms with van der Waals surface area (Å²) in [4.78, 5) is 39.0. The molecule has 8 heteroatoms. The number of hydrogen-bond donors (Lipinski definition) is 1. The van der Waals surface area contributed by atoms with Crippen LogP contribution in [-0.4, -0.2) is 23.6 Å². The lowest BCUT2D eigenvalue weighted by molar-refractivity contribution is -0.165. The molecule has 3 aromatic rings. The Labute approximate surface area is 204 Å². The predicted molar refractivity (Wildman–Crippen MR) is 127 cm³/mol. The maximum absolute atomic E-state index is 13.2. The second-order valence-electron chi connectivity index (χ2n) is 8.80. The van der Waals surface area contributed by atoms with E-state index in [1.165, 1.54) is 6.26 Å². The lowest BCUT2D eigenvalue weighted by Crippen LogP contribution is -2.43. The van der Waals surface area contributed by atoms with Crippen LogP contribution in [0, 0.1) is 5.92 Å². The molecule has 0 fully saturated rings. The topological polar surface area (TPSA) is 104 Å². The maximum atomic E-state index is 13.2. The molecule has 0 bridgehead atoms. The van der Waals surface area contributed by atoms with Gasteiger partial charge < -0.3 is 23.9 Å². The van der Waals surface area contributed by atoms with Gasteiger partial charge in [0.2, 0.25) is 0 Å². The van der Waals surface area contributed by atoms with Crippen molar-refractivity contribution in [2.75, 3.05) is 0 Å². The van der Waals surface area contributed by atoms with E-state index in [4.69, 9.17) is 18.6 Å². The molecule has 0 aliphatic heterocycles. The molecular weight excluding hydrogens is 450 g/mol. The number of rotatable bonds is 9. The quantitative estimate of drug-likeness (QED) is 0.263. The van der Waals surface area contributed by atoms with E-state index in [2.05, 4.69) is 5.32 Å². The fourth-order valence-electron chi connectivity index (χ4n) is 3.23. The standard InChI is InChI=1S/C27H29NO7/c1-27(2,3)35-26(31)28-23(21-15-10-16-32-21)22(24(29)33-17-19-11-6-4-7-12-19)25(30)34-18-20-13-8-5-9-14-20/h4-16,22-23H,17-18H2,1-3H3,(H,28,31)/t23-/m0/s1. The SMILES string of the molecule is CC(C)(C)OC(=O)N[C@@H](c1ccco1)C(C(=O)OCc1ccccc1)C(=O)OCc1ccccc1. The van der Waals surface area contributed by atoms with Gasteiger partial charge in [-0.1, -0.05) is 60.7 Å². The summed E-state index contributed by atoms with van der Waals surface area (Å²) < 4.78 is 21.7. The Morgan fingerprint density at radius 2 is 1.31 bits per heavy atom. The van der Waals surface area contributed by atoms with Crippen LogP contribution in [0.1, 0.15) is 43.7 Å². The molecule has 184 valence electrons. The monoisotopic (exact) mass is 479 g/mol. The minimum atomic E-state index is -1.54. The largest absolute Gasteiger partial charge is 0.467 e. The van der Waals surface area contributed by atoms with E-state index in [9.17, 15) is 14.4 Å². The fraction of sp³-hybridized carbons (Fsp3) is 0.296. The van der Waals surface area contributed by atoms with Gasteiger partial charge in [-0.15, -0.1) is 0 Å². The summed E-state index contributed by atoms with van der Waals surface area (Å²) in [5.41, 5.74) is 0.688. The third-order valence-electron chi connectivity index (χ3n) is 4.81. The van der Waals surface area contributed by atoms with E-state index in [1.807, 2.05) is 36.4 Å². The van der Waals surface area contributed by atoms with Gasteiger partial charge >= 0.3 is 18.0 Å². The van der Waals surface area contributed by atoms with Crippen molar-refractivity contribution in [3.8, 4) is 0 Å². The molecule has 0 saturated carbocycles. The fourth-order valence-corrected chi connectivity index (χ4v) is 3.23. The Kier molecular flexibility index (Phi) is 8.67.